The van der Waals surface area contributed by atoms with Gasteiger partial charge in [-0.3, -0.25) is 0 Å². The maximum absolute atomic E-state index is 12.4. The Morgan fingerprint density at radius 2 is 1.59 bits per heavy atom. The number of carbonyl (C=O) groups excluding carboxylic acids is 1. The normalized spacial score (nSPS) is 14.1. The summed E-state index contributed by atoms with van der Waals surface area (Å²) in [5.41, 5.74) is 1.61. The average Bonchev–Trinajstić information content (AvgIpc) is 3.23. The van der Waals surface area contributed by atoms with Crippen molar-refractivity contribution in [3.63, 3.8) is 0 Å². The molecule has 2 aromatic carbocycles. The molecule has 6 nitrogen and oxygen atoms in total. The number of benzene rings is 2. The molecule has 0 aromatic heterocycles. The number of cyclic esters (lactones) is 1. The van der Waals surface area contributed by atoms with E-state index < -0.39 is 5.97 Å². The van der Waals surface area contributed by atoms with E-state index in [9.17, 15) is 4.79 Å². The molecule has 0 atom stereocenters. The first kappa shape index (κ1) is 25.3. The molecule has 0 unspecified atom stereocenters. The van der Waals surface area contributed by atoms with Gasteiger partial charge in [-0.2, -0.15) is 0 Å². The number of methoxy groups -OCH3 is 2. The van der Waals surface area contributed by atoms with Crippen molar-refractivity contribution in [3.05, 3.63) is 59.3 Å². The quantitative estimate of drug-likeness (QED) is 0.179. The highest BCUT2D eigenvalue weighted by atomic mass is 16.6. The summed E-state index contributed by atoms with van der Waals surface area (Å²) in [6.07, 6.45) is 11.8. The molecule has 0 amide bonds. The number of ether oxygens (including phenoxy) is 4. The predicted molar refractivity (Wildman–Crippen MR) is 135 cm³/mol. The van der Waals surface area contributed by atoms with Crippen molar-refractivity contribution >= 4 is 17.9 Å². The Labute approximate surface area is 202 Å². The standard InChI is InChI=1S/C28H35NO5/c1-4-5-6-7-8-9-10-11-19-33-23-17-15-21(16-18-23)27-29-24(28(30)34-27)20-22-13-12-14-25(31-2)26(22)32-3/h12-18,20H,4-11,19H2,1-3H3. The van der Waals surface area contributed by atoms with E-state index >= 15 is 0 Å². The average molecular weight is 466 g/mol. The van der Waals surface area contributed by atoms with Crippen LogP contribution >= 0.6 is 0 Å². The van der Waals surface area contributed by atoms with E-state index in [4.69, 9.17) is 18.9 Å². The largest absolute Gasteiger partial charge is 0.494 e. The summed E-state index contributed by atoms with van der Waals surface area (Å²) in [6, 6.07) is 12.9. The van der Waals surface area contributed by atoms with Gasteiger partial charge in [-0.15, -0.1) is 0 Å². The molecule has 0 aliphatic carbocycles. The van der Waals surface area contributed by atoms with Gasteiger partial charge < -0.3 is 18.9 Å². The fourth-order valence-electron chi connectivity index (χ4n) is 3.83. The molecule has 1 heterocycles. The van der Waals surface area contributed by atoms with Crippen LogP contribution in [0.5, 0.6) is 17.2 Å². The highest BCUT2D eigenvalue weighted by Crippen LogP contribution is 2.33. The lowest BCUT2D eigenvalue weighted by atomic mass is 10.1. The summed E-state index contributed by atoms with van der Waals surface area (Å²) in [4.78, 5) is 16.8. The fraction of sp³-hybridized carbons (Fsp3) is 0.429. The molecule has 34 heavy (non-hydrogen) atoms. The van der Waals surface area contributed by atoms with Gasteiger partial charge in [0.2, 0.25) is 5.90 Å². The lowest BCUT2D eigenvalue weighted by Gasteiger charge is -2.09. The topological polar surface area (TPSA) is 66.3 Å². The van der Waals surface area contributed by atoms with E-state index in [-0.39, 0.29) is 11.6 Å². The Morgan fingerprint density at radius 1 is 0.882 bits per heavy atom. The molecule has 0 saturated carbocycles. The van der Waals surface area contributed by atoms with Crippen molar-refractivity contribution in [2.24, 2.45) is 4.99 Å². The molecule has 1 aliphatic rings. The minimum absolute atomic E-state index is 0.205. The third kappa shape index (κ3) is 7.11. The number of aliphatic imine (C=N–C) groups is 1. The van der Waals surface area contributed by atoms with E-state index in [1.165, 1.54) is 44.9 Å². The van der Waals surface area contributed by atoms with Crippen molar-refractivity contribution < 1.29 is 23.7 Å². The number of nitrogens with zero attached hydrogens (tertiary/aromatic N) is 1. The van der Waals surface area contributed by atoms with Gasteiger partial charge >= 0.3 is 5.97 Å². The van der Waals surface area contributed by atoms with Crippen LogP contribution in [0, 0.1) is 0 Å². The number of carbonyl (C=O) groups is 1. The summed E-state index contributed by atoms with van der Waals surface area (Å²) in [5.74, 6) is 1.68. The third-order valence-electron chi connectivity index (χ3n) is 5.71. The number of hydrogen-bond acceptors (Lipinski definition) is 6. The molecule has 3 rings (SSSR count). The van der Waals surface area contributed by atoms with Crippen molar-refractivity contribution in [3.8, 4) is 17.2 Å². The van der Waals surface area contributed by atoms with E-state index in [0.717, 1.165) is 12.2 Å². The van der Waals surface area contributed by atoms with Crippen molar-refractivity contribution in [1.29, 1.82) is 0 Å². The highest BCUT2D eigenvalue weighted by Gasteiger charge is 2.25. The summed E-state index contributed by atoms with van der Waals surface area (Å²) >= 11 is 0. The maximum atomic E-state index is 12.4. The Hall–Kier alpha value is -3.28. The van der Waals surface area contributed by atoms with Crippen LogP contribution < -0.4 is 14.2 Å². The molecule has 6 heteroatoms. The van der Waals surface area contributed by atoms with Gasteiger partial charge in [0.1, 0.15) is 5.75 Å². The van der Waals surface area contributed by atoms with Gasteiger partial charge in [0.25, 0.3) is 0 Å². The molecule has 0 N–H and O–H groups in total. The second-order valence-corrected chi connectivity index (χ2v) is 8.27. The van der Waals surface area contributed by atoms with Gasteiger partial charge in [-0.1, -0.05) is 64.0 Å². The van der Waals surface area contributed by atoms with Crippen LogP contribution in [0.4, 0.5) is 0 Å². The van der Waals surface area contributed by atoms with Gasteiger partial charge in [-0.25, -0.2) is 9.79 Å². The molecule has 0 radical (unpaired) electrons. The molecule has 0 fully saturated rings. The smallest absolute Gasteiger partial charge is 0.363 e. The Balaban J connectivity index is 1.53. The van der Waals surface area contributed by atoms with Gasteiger partial charge in [-0.05, 0) is 42.8 Å². The first-order chi connectivity index (χ1) is 16.7. The summed E-state index contributed by atoms with van der Waals surface area (Å²) in [5, 5.41) is 0. The zero-order valence-corrected chi connectivity index (χ0v) is 20.5. The fourth-order valence-corrected chi connectivity index (χ4v) is 3.83. The number of para-hydroxylation sites is 1. The first-order valence-corrected chi connectivity index (χ1v) is 12.1. The molecular formula is C28H35NO5. The van der Waals surface area contributed by atoms with E-state index in [1.54, 1.807) is 26.4 Å². The van der Waals surface area contributed by atoms with Crippen LogP contribution in [0.3, 0.4) is 0 Å². The summed E-state index contributed by atoms with van der Waals surface area (Å²) < 4.78 is 22.0. The second-order valence-electron chi connectivity index (χ2n) is 8.27. The predicted octanol–water partition coefficient (Wildman–Crippen LogP) is 6.57. The Bertz CT molecular complexity index is 994. The Morgan fingerprint density at radius 3 is 2.26 bits per heavy atom. The number of hydrogen-bond donors (Lipinski definition) is 0. The third-order valence-corrected chi connectivity index (χ3v) is 5.71. The molecule has 0 spiro atoms. The maximum Gasteiger partial charge on any atom is 0.363 e. The monoisotopic (exact) mass is 465 g/mol. The molecular weight excluding hydrogens is 430 g/mol. The minimum Gasteiger partial charge on any atom is -0.494 e. The van der Waals surface area contributed by atoms with Gasteiger partial charge in [0.05, 0.1) is 20.8 Å². The number of unbranched alkanes of at least 4 members (excludes halogenated alkanes) is 7. The Kier molecular flexibility index (Phi) is 10.0. The first-order valence-electron chi connectivity index (χ1n) is 12.1. The molecule has 1 aliphatic heterocycles. The van der Waals surface area contributed by atoms with E-state index in [1.807, 2.05) is 36.4 Å². The molecule has 0 bridgehead atoms. The zero-order valence-electron chi connectivity index (χ0n) is 20.5. The molecule has 0 saturated heterocycles. The summed E-state index contributed by atoms with van der Waals surface area (Å²) in [7, 11) is 3.12. The number of esters is 1. The SMILES string of the molecule is CCCCCCCCCCOc1ccc(C2=NC(=Cc3cccc(OC)c3OC)C(=O)O2)cc1. The zero-order chi connectivity index (χ0) is 24.2. The van der Waals surface area contributed by atoms with Crippen LogP contribution in [-0.2, 0) is 9.53 Å². The van der Waals surface area contributed by atoms with Gasteiger partial charge in [0, 0.05) is 11.1 Å². The van der Waals surface area contributed by atoms with E-state index in [2.05, 4.69) is 11.9 Å². The minimum atomic E-state index is -0.505. The van der Waals surface area contributed by atoms with E-state index in [0.29, 0.717) is 29.2 Å². The lowest BCUT2D eigenvalue weighted by molar-refractivity contribution is -0.129. The van der Waals surface area contributed by atoms with Crippen LogP contribution in [0.2, 0.25) is 0 Å². The highest BCUT2D eigenvalue weighted by molar-refractivity contribution is 6.13. The van der Waals surface area contributed by atoms with Crippen LogP contribution in [-0.4, -0.2) is 32.7 Å². The van der Waals surface area contributed by atoms with Crippen molar-refractivity contribution in [2.75, 3.05) is 20.8 Å². The molecule has 2 aromatic rings. The number of rotatable bonds is 14. The lowest BCUT2D eigenvalue weighted by Crippen LogP contribution is -2.05. The van der Waals surface area contributed by atoms with Crippen LogP contribution in [0.1, 0.15) is 69.4 Å². The second kappa shape index (κ2) is 13.4. The van der Waals surface area contributed by atoms with Gasteiger partial charge in [0.15, 0.2) is 17.2 Å². The van der Waals surface area contributed by atoms with Crippen LogP contribution in [0.25, 0.3) is 6.08 Å². The van der Waals surface area contributed by atoms with Crippen LogP contribution in [0.15, 0.2) is 53.2 Å². The van der Waals surface area contributed by atoms with Crippen molar-refractivity contribution in [2.45, 2.75) is 58.3 Å². The summed E-state index contributed by atoms with van der Waals surface area (Å²) in [6.45, 7) is 2.95. The molecule has 182 valence electrons. The van der Waals surface area contributed by atoms with Crippen molar-refractivity contribution in [1.82, 2.24) is 0 Å².